The van der Waals surface area contributed by atoms with E-state index in [0.717, 1.165) is 6.42 Å². The van der Waals surface area contributed by atoms with Crippen LogP contribution in [0.4, 0.5) is 0 Å². The molecule has 0 bridgehead atoms. The topological polar surface area (TPSA) is 3.88 Å². The van der Waals surface area contributed by atoms with Crippen molar-refractivity contribution in [2.75, 3.05) is 0 Å². The quantitative estimate of drug-likeness (QED) is 0.565. The molecule has 0 radical (unpaired) electrons. The fourth-order valence-corrected chi connectivity index (χ4v) is 3.61. The zero-order valence-electron chi connectivity index (χ0n) is 15.8. The lowest BCUT2D eigenvalue weighted by Crippen LogP contribution is -2.32. The molecule has 0 aliphatic heterocycles. The van der Waals surface area contributed by atoms with E-state index < -0.39 is 0 Å². The highest BCUT2D eigenvalue weighted by molar-refractivity contribution is 5.79. The predicted molar refractivity (Wildman–Crippen MR) is 103 cm³/mol. The Labute approximate surface area is 146 Å². The Balaban J connectivity index is 2.21. The van der Waals surface area contributed by atoms with E-state index in [0.29, 0.717) is 5.92 Å². The first kappa shape index (κ1) is 16.7. The van der Waals surface area contributed by atoms with Crippen LogP contribution in [0.25, 0.3) is 22.2 Å². The van der Waals surface area contributed by atoms with Gasteiger partial charge in [0.25, 0.3) is 0 Å². The number of benzene rings is 2. The molecule has 0 aliphatic rings. The van der Waals surface area contributed by atoms with E-state index in [1.165, 1.54) is 44.4 Å². The number of aryl methyl sites for hydroxylation is 3. The van der Waals surface area contributed by atoms with Crippen molar-refractivity contribution >= 4 is 10.9 Å². The molecule has 1 nitrogen and oxygen atoms in total. The van der Waals surface area contributed by atoms with Crippen LogP contribution in [0.1, 0.15) is 36.1 Å². The second-order valence-corrected chi connectivity index (χ2v) is 7.52. The molecule has 0 N–H and O–H groups in total. The molecule has 1 aromatic heterocycles. The third kappa shape index (κ3) is 3.08. The van der Waals surface area contributed by atoms with Gasteiger partial charge in [-0.05, 0) is 68.0 Å². The van der Waals surface area contributed by atoms with Crippen molar-refractivity contribution in [3.63, 3.8) is 0 Å². The minimum atomic E-state index is 0.678. The monoisotopic (exact) mass is 318 g/mol. The van der Waals surface area contributed by atoms with Crippen molar-refractivity contribution in [1.82, 2.24) is 0 Å². The lowest BCUT2D eigenvalue weighted by molar-refractivity contribution is -0.633. The summed E-state index contributed by atoms with van der Waals surface area (Å²) in [5.74, 6) is 0.678. The van der Waals surface area contributed by atoms with E-state index in [-0.39, 0.29) is 0 Å². The van der Waals surface area contributed by atoms with Crippen LogP contribution in [0.2, 0.25) is 0 Å². The summed E-state index contributed by atoms with van der Waals surface area (Å²) in [4.78, 5) is 0. The van der Waals surface area contributed by atoms with Crippen molar-refractivity contribution in [3.8, 4) is 11.3 Å². The smallest absolute Gasteiger partial charge is 0.194 e. The van der Waals surface area contributed by atoms with Crippen LogP contribution >= 0.6 is 0 Å². The molecule has 0 spiro atoms. The third-order valence-electron chi connectivity index (χ3n) is 4.97. The molecular formula is C23H28N+. The maximum absolute atomic E-state index is 2.36. The molecule has 0 atom stereocenters. The number of aromatic nitrogens is 1. The van der Waals surface area contributed by atoms with Crippen molar-refractivity contribution < 1.29 is 4.57 Å². The average molecular weight is 318 g/mol. The molecular weight excluding hydrogens is 290 g/mol. The largest absolute Gasteiger partial charge is 0.213 e. The maximum atomic E-state index is 2.36. The molecule has 1 heterocycles. The fourth-order valence-electron chi connectivity index (χ4n) is 3.61. The van der Waals surface area contributed by atoms with Gasteiger partial charge in [0.1, 0.15) is 7.05 Å². The fraction of sp³-hybridized carbons (Fsp3) is 0.348. The zero-order valence-corrected chi connectivity index (χ0v) is 15.8. The molecule has 3 rings (SSSR count). The van der Waals surface area contributed by atoms with Crippen LogP contribution in [0, 0.1) is 26.7 Å². The van der Waals surface area contributed by atoms with Gasteiger partial charge in [0.15, 0.2) is 0 Å². The summed E-state index contributed by atoms with van der Waals surface area (Å²) in [5, 5.41) is 1.30. The van der Waals surface area contributed by atoms with Gasteiger partial charge in [-0.25, -0.2) is 0 Å². The van der Waals surface area contributed by atoms with E-state index in [1.807, 2.05) is 0 Å². The van der Waals surface area contributed by atoms with Gasteiger partial charge in [0.05, 0.1) is 0 Å². The van der Waals surface area contributed by atoms with Crippen molar-refractivity contribution in [2.24, 2.45) is 13.0 Å². The van der Waals surface area contributed by atoms with Crippen molar-refractivity contribution in [1.29, 1.82) is 0 Å². The molecule has 0 unspecified atom stereocenters. The summed E-state index contributed by atoms with van der Waals surface area (Å²) >= 11 is 0. The maximum Gasteiger partial charge on any atom is 0.213 e. The van der Waals surface area contributed by atoms with Gasteiger partial charge in [-0.1, -0.05) is 31.5 Å². The molecule has 2 aromatic carbocycles. The normalized spacial score (nSPS) is 11.5. The van der Waals surface area contributed by atoms with Crippen LogP contribution in [-0.4, -0.2) is 0 Å². The van der Waals surface area contributed by atoms with Gasteiger partial charge >= 0.3 is 0 Å². The van der Waals surface area contributed by atoms with Gasteiger partial charge < -0.3 is 0 Å². The van der Waals surface area contributed by atoms with Crippen molar-refractivity contribution in [3.05, 3.63) is 64.7 Å². The van der Waals surface area contributed by atoms with Gasteiger partial charge in [-0.3, -0.25) is 0 Å². The Hall–Kier alpha value is -2.15. The lowest BCUT2D eigenvalue weighted by Gasteiger charge is -2.11. The highest BCUT2D eigenvalue weighted by atomic mass is 14.9. The standard InChI is InChI=1S/C23H28N/c1-15(2)11-19-7-8-20-9-10-22(24(6)23(20)14-19)21-13-16(3)12-17(4)18(21)5/h7-10,12-15H,11H2,1-6H3/q+1. The molecule has 0 amide bonds. The average Bonchev–Trinajstić information content (AvgIpc) is 2.51. The number of nitrogens with zero attached hydrogens (tertiary/aromatic N) is 1. The molecule has 124 valence electrons. The van der Waals surface area contributed by atoms with E-state index in [9.17, 15) is 0 Å². The Morgan fingerprint density at radius 2 is 1.62 bits per heavy atom. The lowest BCUT2D eigenvalue weighted by atomic mass is 9.96. The predicted octanol–water partition coefficient (Wildman–Crippen LogP) is 5.46. The molecule has 1 heteroatoms. The van der Waals surface area contributed by atoms with Crippen LogP contribution in [0.3, 0.4) is 0 Å². The van der Waals surface area contributed by atoms with E-state index in [4.69, 9.17) is 0 Å². The first-order valence-corrected chi connectivity index (χ1v) is 8.86. The highest BCUT2D eigenvalue weighted by Crippen LogP contribution is 2.26. The van der Waals surface area contributed by atoms with Crippen LogP contribution in [-0.2, 0) is 13.5 Å². The number of fused-ring (bicyclic) bond motifs is 1. The molecule has 0 fully saturated rings. The second kappa shape index (κ2) is 6.39. The third-order valence-corrected chi connectivity index (χ3v) is 4.97. The number of rotatable bonds is 3. The first-order valence-electron chi connectivity index (χ1n) is 8.86. The Bertz CT molecular complexity index is 904. The Kier molecular flexibility index (Phi) is 4.45. The zero-order chi connectivity index (χ0) is 17.4. The summed E-state index contributed by atoms with van der Waals surface area (Å²) < 4.78 is 2.35. The highest BCUT2D eigenvalue weighted by Gasteiger charge is 2.17. The van der Waals surface area contributed by atoms with Crippen molar-refractivity contribution in [2.45, 2.75) is 41.0 Å². The van der Waals surface area contributed by atoms with E-state index >= 15 is 0 Å². The van der Waals surface area contributed by atoms with Crippen LogP contribution in [0.15, 0.2) is 42.5 Å². The summed E-state index contributed by atoms with van der Waals surface area (Å²) in [6.07, 6.45) is 1.13. The summed E-state index contributed by atoms with van der Waals surface area (Å²) in [5.41, 5.74) is 9.40. The first-order chi connectivity index (χ1) is 11.4. The van der Waals surface area contributed by atoms with Gasteiger partial charge in [0, 0.05) is 23.1 Å². The van der Waals surface area contributed by atoms with Crippen LogP contribution < -0.4 is 4.57 Å². The molecule has 0 saturated carbocycles. The summed E-state index contributed by atoms with van der Waals surface area (Å²) in [6.45, 7) is 11.2. The SMILES string of the molecule is Cc1cc(C)c(C)c(-c2ccc3ccc(CC(C)C)cc3[n+]2C)c1. The van der Waals surface area contributed by atoms with Gasteiger partial charge in [0.2, 0.25) is 11.2 Å². The summed E-state index contributed by atoms with van der Waals surface area (Å²) in [6, 6.07) is 16.0. The molecule has 0 saturated heterocycles. The Morgan fingerprint density at radius 3 is 2.33 bits per heavy atom. The minimum Gasteiger partial charge on any atom is -0.194 e. The molecule has 0 aliphatic carbocycles. The van der Waals surface area contributed by atoms with E-state index in [1.54, 1.807) is 0 Å². The second-order valence-electron chi connectivity index (χ2n) is 7.52. The minimum absolute atomic E-state index is 0.678. The summed E-state index contributed by atoms with van der Waals surface area (Å²) in [7, 11) is 2.19. The van der Waals surface area contributed by atoms with Gasteiger partial charge in [-0.15, -0.1) is 0 Å². The van der Waals surface area contributed by atoms with Crippen LogP contribution in [0.5, 0.6) is 0 Å². The number of pyridine rings is 1. The molecule has 3 aromatic rings. The molecule has 24 heavy (non-hydrogen) atoms. The number of hydrogen-bond donors (Lipinski definition) is 0. The van der Waals surface area contributed by atoms with Gasteiger partial charge in [-0.2, -0.15) is 4.57 Å². The van der Waals surface area contributed by atoms with E-state index in [2.05, 4.69) is 88.7 Å². The number of hydrogen-bond acceptors (Lipinski definition) is 0. The Morgan fingerprint density at radius 1 is 0.917 bits per heavy atom.